The van der Waals surface area contributed by atoms with Crippen LogP contribution in [-0.4, -0.2) is 12.1 Å². The summed E-state index contributed by atoms with van der Waals surface area (Å²) in [6.07, 6.45) is 7.13. The minimum atomic E-state index is -0.318. The van der Waals surface area contributed by atoms with E-state index in [4.69, 9.17) is 4.74 Å². The molecular weight excluding hydrogens is 164 g/mol. The fourth-order valence-electron chi connectivity index (χ4n) is 1.49. The van der Waals surface area contributed by atoms with Crippen LogP contribution in [0.15, 0.2) is 24.8 Å². The monoisotopic (exact) mass is 180 g/mol. The van der Waals surface area contributed by atoms with E-state index in [0.29, 0.717) is 5.57 Å². The Balaban J connectivity index is 2.34. The van der Waals surface area contributed by atoms with Crippen LogP contribution < -0.4 is 0 Å². The van der Waals surface area contributed by atoms with Gasteiger partial charge in [-0.15, -0.1) is 0 Å². The smallest absolute Gasteiger partial charge is 0.337 e. The lowest BCUT2D eigenvalue weighted by Crippen LogP contribution is -2.21. The van der Waals surface area contributed by atoms with Crippen LogP contribution >= 0.6 is 0 Å². The zero-order valence-corrected chi connectivity index (χ0v) is 7.92. The van der Waals surface area contributed by atoms with Gasteiger partial charge in [-0.05, 0) is 25.7 Å². The van der Waals surface area contributed by atoms with Crippen molar-refractivity contribution in [1.29, 1.82) is 0 Å². The van der Waals surface area contributed by atoms with E-state index in [2.05, 4.69) is 13.2 Å². The number of hydrogen-bond acceptors (Lipinski definition) is 2. The minimum absolute atomic E-state index is 0.109. The lowest BCUT2D eigenvalue weighted by molar-refractivity contribution is -0.145. The SMILES string of the molecule is C=CC(=C)C(=O)OC1CCCCC1. The normalized spacial score (nSPS) is 17.8. The van der Waals surface area contributed by atoms with Gasteiger partial charge in [0.1, 0.15) is 6.10 Å². The minimum Gasteiger partial charge on any atom is -0.459 e. The largest absolute Gasteiger partial charge is 0.459 e. The average molecular weight is 180 g/mol. The van der Waals surface area contributed by atoms with Crippen molar-refractivity contribution in [3.05, 3.63) is 24.8 Å². The van der Waals surface area contributed by atoms with Crippen molar-refractivity contribution in [3.8, 4) is 0 Å². The number of esters is 1. The Morgan fingerprint density at radius 3 is 2.46 bits per heavy atom. The first-order valence-electron chi connectivity index (χ1n) is 4.76. The zero-order chi connectivity index (χ0) is 9.68. The van der Waals surface area contributed by atoms with E-state index in [-0.39, 0.29) is 12.1 Å². The van der Waals surface area contributed by atoms with Crippen LogP contribution in [-0.2, 0) is 9.53 Å². The standard InChI is InChI=1S/C11H16O2/c1-3-9(2)11(12)13-10-7-5-4-6-8-10/h3,10H,1-2,4-8H2. The van der Waals surface area contributed by atoms with Crippen molar-refractivity contribution < 1.29 is 9.53 Å². The van der Waals surface area contributed by atoms with E-state index >= 15 is 0 Å². The van der Waals surface area contributed by atoms with E-state index in [1.165, 1.54) is 25.3 Å². The van der Waals surface area contributed by atoms with Crippen LogP contribution in [0.4, 0.5) is 0 Å². The van der Waals surface area contributed by atoms with E-state index in [1.54, 1.807) is 0 Å². The number of rotatable bonds is 3. The molecule has 0 aromatic heterocycles. The van der Waals surface area contributed by atoms with E-state index in [1.807, 2.05) is 0 Å². The van der Waals surface area contributed by atoms with Gasteiger partial charge in [0.25, 0.3) is 0 Å². The molecule has 0 amide bonds. The molecule has 1 aliphatic rings. The number of carbonyl (C=O) groups excluding carboxylic acids is 1. The fraction of sp³-hybridized carbons (Fsp3) is 0.545. The molecule has 0 aromatic rings. The Kier molecular flexibility index (Phi) is 3.74. The third kappa shape index (κ3) is 3.05. The maximum atomic E-state index is 11.2. The molecule has 1 saturated carbocycles. The Morgan fingerprint density at radius 1 is 1.31 bits per heavy atom. The summed E-state index contributed by atoms with van der Waals surface area (Å²) in [5, 5.41) is 0. The van der Waals surface area contributed by atoms with Crippen LogP contribution in [0.25, 0.3) is 0 Å². The highest BCUT2D eigenvalue weighted by Crippen LogP contribution is 2.20. The summed E-state index contributed by atoms with van der Waals surface area (Å²) in [6, 6.07) is 0. The molecule has 0 N–H and O–H groups in total. The van der Waals surface area contributed by atoms with Gasteiger partial charge in [0.15, 0.2) is 0 Å². The highest BCUT2D eigenvalue weighted by molar-refractivity contribution is 5.90. The molecule has 0 bridgehead atoms. The van der Waals surface area contributed by atoms with Gasteiger partial charge in [-0.25, -0.2) is 4.79 Å². The molecule has 72 valence electrons. The maximum absolute atomic E-state index is 11.2. The van der Waals surface area contributed by atoms with E-state index in [0.717, 1.165) is 12.8 Å². The Bertz CT molecular complexity index is 212. The molecule has 0 spiro atoms. The van der Waals surface area contributed by atoms with Gasteiger partial charge in [0, 0.05) is 0 Å². The fourth-order valence-corrected chi connectivity index (χ4v) is 1.49. The third-order valence-corrected chi connectivity index (χ3v) is 2.33. The average Bonchev–Trinajstić information content (AvgIpc) is 2.18. The van der Waals surface area contributed by atoms with Crippen molar-refractivity contribution in [2.75, 3.05) is 0 Å². The third-order valence-electron chi connectivity index (χ3n) is 2.33. The summed E-state index contributed by atoms with van der Waals surface area (Å²) in [5.41, 5.74) is 0.352. The predicted molar refractivity (Wildman–Crippen MR) is 52.3 cm³/mol. The summed E-state index contributed by atoms with van der Waals surface area (Å²) < 4.78 is 5.23. The highest BCUT2D eigenvalue weighted by atomic mass is 16.5. The van der Waals surface area contributed by atoms with Crippen molar-refractivity contribution in [2.24, 2.45) is 0 Å². The van der Waals surface area contributed by atoms with Crippen LogP contribution in [0, 0.1) is 0 Å². The second-order valence-corrected chi connectivity index (χ2v) is 3.39. The van der Waals surface area contributed by atoms with E-state index < -0.39 is 0 Å². The van der Waals surface area contributed by atoms with E-state index in [9.17, 15) is 4.79 Å². The molecule has 0 aromatic carbocycles. The first-order valence-corrected chi connectivity index (χ1v) is 4.76. The highest BCUT2D eigenvalue weighted by Gasteiger charge is 2.17. The van der Waals surface area contributed by atoms with Gasteiger partial charge < -0.3 is 4.74 Å². The van der Waals surface area contributed by atoms with Crippen LogP contribution in [0.5, 0.6) is 0 Å². The van der Waals surface area contributed by atoms with Gasteiger partial charge in [-0.2, -0.15) is 0 Å². The molecule has 0 unspecified atom stereocenters. The molecule has 0 atom stereocenters. The topological polar surface area (TPSA) is 26.3 Å². The Hall–Kier alpha value is -1.05. The van der Waals surface area contributed by atoms with Crippen molar-refractivity contribution in [3.63, 3.8) is 0 Å². The molecule has 2 heteroatoms. The van der Waals surface area contributed by atoms with Gasteiger partial charge in [0.2, 0.25) is 0 Å². The van der Waals surface area contributed by atoms with Gasteiger partial charge in [0.05, 0.1) is 5.57 Å². The van der Waals surface area contributed by atoms with Crippen LogP contribution in [0.3, 0.4) is 0 Å². The second kappa shape index (κ2) is 4.85. The molecule has 1 fully saturated rings. The number of hydrogen-bond donors (Lipinski definition) is 0. The number of ether oxygens (including phenoxy) is 1. The molecule has 0 radical (unpaired) electrons. The summed E-state index contributed by atoms with van der Waals surface area (Å²) in [7, 11) is 0. The van der Waals surface area contributed by atoms with Gasteiger partial charge in [-0.1, -0.05) is 25.7 Å². The predicted octanol–water partition coefficient (Wildman–Crippen LogP) is 2.60. The van der Waals surface area contributed by atoms with Crippen LogP contribution in [0.2, 0.25) is 0 Å². The van der Waals surface area contributed by atoms with Crippen LogP contribution in [0.1, 0.15) is 32.1 Å². The lowest BCUT2D eigenvalue weighted by Gasteiger charge is -2.21. The summed E-state index contributed by atoms with van der Waals surface area (Å²) in [6.45, 7) is 7.02. The zero-order valence-electron chi connectivity index (χ0n) is 7.92. The Morgan fingerprint density at radius 2 is 1.92 bits per heavy atom. The van der Waals surface area contributed by atoms with Crippen molar-refractivity contribution in [2.45, 2.75) is 38.2 Å². The summed E-state index contributed by atoms with van der Waals surface area (Å²) in [4.78, 5) is 11.2. The van der Waals surface area contributed by atoms with Gasteiger partial charge >= 0.3 is 5.97 Å². The first kappa shape index (κ1) is 10.0. The molecule has 1 rings (SSSR count). The quantitative estimate of drug-likeness (QED) is 0.379. The molecule has 0 heterocycles. The second-order valence-electron chi connectivity index (χ2n) is 3.39. The summed E-state index contributed by atoms with van der Waals surface area (Å²) in [5.74, 6) is -0.318. The number of carbonyl (C=O) groups is 1. The lowest BCUT2D eigenvalue weighted by atomic mass is 9.98. The molecule has 2 nitrogen and oxygen atoms in total. The summed E-state index contributed by atoms with van der Waals surface area (Å²) >= 11 is 0. The molecular formula is C11H16O2. The molecule has 13 heavy (non-hydrogen) atoms. The van der Waals surface area contributed by atoms with Gasteiger partial charge in [-0.3, -0.25) is 0 Å². The Labute approximate surface area is 79.3 Å². The molecule has 0 aliphatic heterocycles. The molecule has 0 saturated heterocycles. The maximum Gasteiger partial charge on any atom is 0.337 e. The van der Waals surface area contributed by atoms with Crippen molar-refractivity contribution >= 4 is 5.97 Å². The molecule has 1 aliphatic carbocycles. The van der Waals surface area contributed by atoms with Crippen molar-refractivity contribution in [1.82, 2.24) is 0 Å². The first-order chi connectivity index (χ1) is 6.24.